The molecule has 0 amide bonds. The van der Waals surface area contributed by atoms with E-state index in [2.05, 4.69) is 26.7 Å². The van der Waals surface area contributed by atoms with Crippen LogP contribution in [0.3, 0.4) is 0 Å². The summed E-state index contributed by atoms with van der Waals surface area (Å²) in [6.45, 7) is 7.02. The summed E-state index contributed by atoms with van der Waals surface area (Å²) < 4.78 is 5.27. The van der Waals surface area contributed by atoms with Crippen molar-refractivity contribution in [3.8, 4) is 0 Å². The fourth-order valence-corrected chi connectivity index (χ4v) is 2.78. The fraction of sp³-hybridized carbons (Fsp3) is 0.667. The molecule has 0 aliphatic carbocycles. The van der Waals surface area contributed by atoms with Gasteiger partial charge in [0.05, 0.1) is 19.3 Å². The SMILES string of the molecule is C[C@@H]1CN(c2cc(Cl)ncn2)CCN1C1COC1. The van der Waals surface area contributed by atoms with E-state index in [1.54, 1.807) is 0 Å². The normalized spacial score (nSPS) is 26.1. The summed E-state index contributed by atoms with van der Waals surface area (Å²) >= 11 is 5.91. The zero-order chi connectivity index (χ0) is 12.5. The lowest BCUT2D eigenvalue weighted by molar-refractivity contribution is -0.0793. The number of hydrogen-bond donors (Lipinski definition) is 0. The largest absolute Gasteiger partial charge is 0.378 e. The van der Waals surface area contributed by atoms with Crippen LogP contribution >= 0.6 is 11.6 Å². The Morgan fingerprint density at radius 3 is 2.78 bits per heavy atom. The standard InChI is InChI=1S/C12H17ClN4O/c1-9-5-16(12-4-11(13)14-8-15-12)2-3-17(9)10-6-18-7-10/h4,8-10H,2-3,5-7H2,1H3/t9-/m1/s1. The fourth-order valence-electron chi connectivity index (χ4n) is 2.63. The molecule has 1 aromatic heterocycles. The van der Waals surface area contributed by atoms with Crippen LogP contribution in [0, 0.1) is 0 Å². The third-order valence-electron chi connectivity index (χ3n) is 3.71. The molecule has 98 valence electrons. The molecule has 0 bridgehead atoms. The van der Waals surface area contributed by atoms with Crippen LogP contribution < -0.4 is 4.90 Å². The van der Waals surface area contributed by atoms with Gasteiger partial charge in [-0.3, -0.25) is 4.90 Å². The van der Waals surface area contributed by atoms with Crippen molar-refractivity contribution >= 4 is 17.4 Å². The summed E-state index contributed by atoms with van der Waals surface area (Å²) in [7, 11) is 0. The van der Waals surface area contributed by atoms with Crippen molar-refractivity contribution in [1.29, 1.82) is 0 Å². The van der Waals surface area contributed by atoms with E-state index in [0.717, 1.165) is 38.7 Å². The number of anilines is 1. The van der Waals surface area contributed by atoms with Gasteiger partial charge >= 0.3 is 0 Å². The second-order valence-electron chi connectivity index (χ2n) is 4.92. The van der Waals surface area contributed by atoms with Crippen LogP contribution in [0.4, 0.5) is 5.82 Å². The molecule has 0 unspecified atom stereocenters. The molecule has 2 aliphatic heterocycles. The van der Waals surface area contributed by atoms with E-state index in [1.807, 2.05) is 6.07 Å². The van der Waals surface area contributed by atoms with Gasteiger partial charge in [0, 0.05) is 31.7 Å². The molecule has 2 saturated heterocycles. The molecule has 6 heteroatoms. The highest BCUT2D eigenvalue weighted by atomic mass is 35.5. The zero-order valence-electron chi connectivity index (χ0n) is 10.4. The Balaban J connectivity index is 1.67. The van der Waals surface area contributed by atoms with E-state index in [1.165, 1.54) is 6.33 Å². The maximum atomic E-state index is 5.91. The average Bonchev–Trinajstić information content (AvgIpc) is 2.29. The molecule has 2 fully saturated rings. The predicted molar refractivity (Wildman–Crippen MR) is 70.0 cm³/mol. The van der Waals surface area contributed by atoms with Gasteiger partial charge in [0.25, 0.3) is 0 Å². The van der Waals surface area contributed by atoms with Gasteiger partial charge in [-0.05, 0) is 6.92 Å². The van der Waals surface area contributed by atoms with Crippen LogP contribution in [-0.4, -0.2) is 59.8 Å². The third-order valence-corrected chi connectivity index (χ3v) is 3.92. The number of rotatable bonds is 2. The van der Waals surface area contributed by atoms with Gasteiger partial charge in [0.15, 0.2) is 0 Å². The lowest BCUT2D eigenvalue weighted by atomic mass is 10.1. The number of halogens is 1. The molecular formula is C12H17ClN4O. The first kappa shape index (κ1) is 12.1. The highest BCUT2D eigenvalue weighted by Crippen LogP contribution is 2.22. The van der Waals surface area contributed by atoms with Gasteiger partial charge in [0.2, 0.25) is 0 Å². The van der Waals surface area contributed by atoms with Crippen molar-refractivity contribution in [1.82, 2.24) is 14.9 Å². The van der Waals surface area contributed by atoms with Crippen molar-refractivity contribution < 1.29 is 4.74 Å². The molecule has 2 aliphatic rings. The van der Waals surface area contributed by atoms with Gasteiger partial charge in [-0.1, -0.05) is 11.6 Å². The van der Waals surface area contributed by atoms with Crippen LogP contribution in [0.25, 0.3) is 0 Å². The molecule has 3 heterocycles. The lowest BCUT2D eigenvalue weighted by Gasteiger charge is -2.46. The lowest BCUT2D eigenvalue weighted by Crippen LogP contribution is -2.60. The Morgan fingerprint density at radius 2 is 2.17 bits per heavy atom. The van der Waals surface area contributed by atoms with Gasteiger partial charge in [-0.15, -0.1) is 0 Å². The minimum absolute atomic E-state index is 0.502. The predicted octanol–water partition coefficient (Wildman–Crippen LogP) is 1.04. The van der Waals surface area contributed by atoms with Gasteiger partial charge in [-0.2, -0.15) is 0 Å². The van der Waals surface area contributed by atoms with E-state index in [0.29, 0.717) is 17.2 Å². The van der Waals surface area contributed by atoms with Gasteiger partial charge in [0.1, 0.15) is 17.3 Å². The topological polar surface area (TPSA) is 41.5 Å². The highest BCUT2D eigenvalue weighted by molar-refractivity contribution is 6.29. The molecule has 5 nitrogen and oxygen atoms in total. The molecule has 0 spiro atoms. The second-order valence-corrected chi connectivity index (χ2v) is 5.31. The second kappa shape index (κ2) is 4.99. The summed E-state index contributed by atoms with van der Waals surface area (Å²) in [5.41, 5.74) is 0. The summed E-state index contributed by atoms with van der Waals surface area (Å²) in [5.74, 6) is 0.923. The van der Waals surface area contributed by atoms with Crippen LogP contribution in [0.2, 0.25) is 5.15 Å². The van der Waals surface area contributed by atoms with Crippen LogP contribution in [0.5, 0.6) is 0 Å². The maximum absolute atomic E-state index is 5.91. The van der Waals surface area contributed by atoms with Crippen LogP contribution in [-0.2, 0) is 4.74 Å². The van der Waals surface area contributed by atoms with Crippen molar-refractivity contribution in [2.75, 3.05) is 37.7 Å². The number of piperazine rings is 1. The smallest absolute Gasteiger partial charge is 0.134 e. The Kier molecular flexibility index (Phi) is 3.37. The number of aromatic nitrogens is 2. The molecular weight excluding hydrogens is 252 g/mol. The molecule has 1 aromatic rings. The van der Waals surface area contributed by atoms with E-state index in [4.69, 9.17) is 16.3 Å². The molecule has 3 rings (SSSR count). The first-order chi connectivity index (χ1) is 8.74. The third kappa shape index (κ3) is 2.30. The monoisotopic (exact) mass is 268 g/mol. The summed E-state index contributed by atoms with van der Waals surface area (Å²) in [6, 6.07) is 2.95. The Morgan fingerprint density at radius 1 is 1.33 bits per heavy atom. The first-order valence-corrected chi connectivity index (χ1v) is 6.68. The summed E-state index contributed by atoms with van der Waals surface area (Å²) in [5, 5.41) is 0.502. The minimum atomic E-state index is 0.502. The minimum Gasteiger partial charge on any atom is -0.378 e. The Bertz CT molecular complexity index is 426. The van der Waals surface area contributed by atoms with Crippen molar-refractivity contribution in [2.24, 2.45) is 0 Å². The molecule has 18 heavy (non-hydrogen) atoms. The molecule has 0 aromatic carbocycles. The average molecular weight is 269 g/mol. The Hall–Kier alpha value is -0.910. The van der Waals surface area contributed by atoms with E-state index >= 15 is 0 Å². The number of nitrogens with zero attached hydrogens (tertiary/aromatic N) is 4. The van der Waals surface area contributed by atoms with Crippen LogP contribution in [0.1, 0.15) is 6.92 Å². The number of hydrogen-bond acceptors (Lipinski definition) is 5. The van der Waals surface area contributed by atoms with Crippen molar-refractivity contribution in [3.63, 3.8) is 0 Å². The summed E-state index contributed by atoms with van der Waals surface area (Å²) in [4.78, 5) is 13.0. The van der Waals surface area contributed by atoms with E-state index in [-0.39, 0.29) is 0 Å². The summed E-state index contributed by atoms with van der Waals surface area (Å²) in [6.07, 6.45) is 1.52. The molecule has 1 atom stereocenters. The van der Waals surface area contributed by atoms with Crippen molar-refractivity contribution in [2.45, 2.75) is 19.0 Å². The number of ether oxygens (including phenoxy) is 1. The van der Waals surface area contributed by atoms with Crippen molar-refractivity contribution in [3.05, 3.63) is 17.5 Å². The van der Waals surface area contributed by atoms with E-state index < -0.39 is 0 Å². The van der Waals surface area contributed by atoms with E-state index in [9.17, 15) is 0 Å². The molecule has 0 radical (unpaired) electrons. The van der Waals surface area contributed by atoms with Gasteiger partial charge < -0.3 is 9.64 Å². The Labute approximate surface area is 112 Å². The maximum Gasteiger partial charge on any atom is 0.134 e. The molecule has 0 saturated carbocycles. The molecule has 0 N–H and O–H groups in total. The first-order valence-electron chi connectivity index (χ1n) is 6.30. The zero-order valence-corrected chi connectivity index (χ0v) is 11.2. The van der Waals surface area contributed by atoms with Crippen LogP contribution in [0.15, 0.2) is 12.4 Å². The van der Waals surface area contributed by atoms with Gasteiger partial charge in [-0.25, -0.2) is 9.97 Å². The quantitative estimate of drug-likeness (QED) is 0.750. The highest BCUT2D eigenvalue weighted by Gasteiger charge is 2.33.